The molecular weight excluding hydrogens is 474 g/mol. The maximum absolute atomic E-state index is 5.83. The highest BCUT2D eigenvalue weighted by Crippen LogP contribution is 2.29. The van der Waals surface area contributed by atoms with Crippen molar-refractivity contribution in [3.8, 4) is 28.4 Å². The van der Waals surface area contributed by atoms with Crippen LogP contribution in [0.5, 0.6) is 17.2 Å². The number of hydrogen-bond donors (Lipinski definition) is 1. The number of rotatable bonds is 8. The second-order valence-electron chi connectivity index (χ2n) is 8.88. The van der Waals surface area contributed by atoms with Crippen LogP contribution in [0.2, 0.25) is 0 Å². The van der Waals surface area contributed by atoms with E-state index in [4.69, 9.17) is 14.2 Å². The summed E-state index contributed by atoms with van der Waals surface area (Å²) in [6.45, 7) is 14.9. The topological polar surface area (TPSA) is 68.7 Å². The van der Waals surface area contributed by atoms with Crippen LogP contribution in [0.1, 0.15) is 45.5 Å². The zero-order chi connectivity index (χ0) is 27.7. The first-order valence-electron chi connectivity index (χ1n) is 13.0. The second kappa shape index (κ2) is 13.5. The van der Waals surface area contributed by atoms with Crippen LogP contribution in [0.15, 0.2) is 53.5 Å². The Morgan fingerprint density at radius 1 is 1.00 bits per heavy atom. The first kappa shape index (κ1) is 28.5. The SMILES string of the molecule is C=c1c(OC)c(OC)cc/c1=C(\C)N=CC.CCCOc1ccc(-c2ccc3nc(C)[nH]c3c2)cc1CC. The molecule has 38 heavy (non-hydrogen) atoms. The molecule has 0 aliphatic heterocycles. The van der Waals surface area contributed by atoms with Crippen LogP contribution >= 0.6 is 0 Å². The number of methoxy groups -OCH3 is 2. The Labute approximate surface area is 225 Å². The largest absolute Gasteiger partial charge is 0.493 e. The Kier molecular flexibility index (Phi) is 10.1. The predicted molar refractivity (Wildman–Crippen MR) is 159 cm³/mol. The van der Waals surface area contributed by atoms with Gasteiger partial charge in [0.05, 0.1) is 31.9 Å². The average Bonchev–Trinajstić information content (AvgIpc) is 3.31. The van der Waals surface area contributed by atoms with E-state index in [2.05, 4.69) is 71.8 Å². The molecule has 1 aromatic heterocycles. The van der Waals surface area contributed by atoms with Crippen LogP contribution in [0.25, 0.3) is 34.4 Å². The highest BCUT2D eigenvalue weighted by atomic mass is 16.5. The summed E-state index contributed by atoms with van der Waals surface area (Å²) >= 11 is 0. The molecule has 0 radical (unpaired) electrons. The third-order valence-corrected chi connectivity index (χ3v) is 6.20. The fourth-order valence-electron chi connectivity index (χ4n) is 4.30. The van der Waals surface area contributed by atoms with E-state index < -0.39 is 0 Å². The number of H-pyrrole nitrogens is 1. The molecule has 200 valence electrons. The molecule has 3 aromatic carbocycles. The third kappa shape index (κ3) is 6.62. The minimum absolute atomic E-state index is 0.658. The molecule has 4 rings (SSSR count). The van der Waals surface area contributed by atoms with Gasteiger partial charge in [-0.2, -0.15) is 0 Å². The summed E-state index contributed by atoms with van der Waals surface area (Å²) in [4.78, 5) is 12.0. The number of nitrogens with zero attached hydrogens (tertiary/aromatic N) is 2. The zero-order valence-electron chi connectivity index (χ0n) is 23.6. The average molecular weight is 514 g/mol. The van der Waals surface area contributed by atoms with Crippen molar-refractivity contribution in [2.45, 2.75) is 47.5 Å². The summed E-state index contributed by atoms with van der Waals surface area (Å²) in [5.41, 5.74) is 6.68. The van der Waals surface area contributed by atoms with E-state index in [1.165, 1.54) is 16.7 Å². The summed E-state index contributed by atoms with van der Waals surface area (Å²) in [6.07, 6.45) is 3.75. The molecule has 0 amide bonds. The van der Waals surface area contributed by atoms with E-state index in [0.29, 0.717) is 11.5 Å². The minimum atomic E-state index is 0.658. The Morgan fingerprint density at radius 3 is 2.37 bits per heavy atom. The van der Waals surface area contributed by atoms with Crippen molar-refractivity contribution in [2.75, 3.05) is 20.8 Å². The van der Waals surface area contributed by atoms with Crippen LogP contribution in [0.4, 0.5) is 0 Å². The molecule has 1 heterocycles. The third-order valence-electron chi connectivity index (χ3n) is 6.20. The van der Waals surface area contributed by atoms with E-state index in [0.717, 1.165) is 58.2 Å². The number of imidazole rings is 1. The standard InChI is InChI=1S/C19H22N2O.C13H17NO2/c1-4-10-22-19-9-7-15(11-14(19)5-2)16-6-8-17-18(12-16)21-13(3)20-17;1-6-14-10(3)11-7-8-12(15-4)13(16-5)9(11)2/h6-9,11-12H,4-5,10H2,1-3H3,(H,20,21);6-8H,2H2,1,3-5H3/b;11-10-,14-6?. The Morgan fingerprint density at radius 2 is 1.71 bits per heavy atom. The Hall–Kier alpha value is -4.06. The molecule has 0 aliphatic carbocycles. The fraction of sp³-hybridized carbons (Fsp3) is 0.312. The normalized spacial score (nSPS) is 11.8. The molecule has 0 saturated carbocycles. The molecule has 0 spiro atoms. The number of aryl methyl sites for hydroxylation is 2. The van der Waals surface area contributed by atoms with Crippen molar-refractivity contribution in [2.24, 2.45) is 4.99 Å². The number of aromatic nitrogens is 2. The van der Waals surface area contributed by atoms with Gasteiger partial charge in [0.15, 0.2) is 11.5 Å². The van der Waals surface area contributed by atoms with Crippen LogP contribution < -0.4 is 24.6 Å². The zero-order valence-corrected chi connectivity index (χ0v) is 23.6. The molecule has 0 unspecified atom stereocenters. The van der Waals surface area contributed by atoms with Crippen LogP contribution in [-0.2, 0) is 6.42 Å². The van der Waals surface area contributed by atoms with E-state index in [1.807, 2.05) is 32.9 Å². The molecule has 0 bridgehead atoms. The van der Waals surface area contributed by atoms with Crippen molar-refractivity contribution in [3.63, 3.8) is 0 Å². The summed E-state index contributed by atoms with van der Waals surface area (Å²) in [5.74, 6) is 3.30. The second-order valence-corrected chi connectivity index (χ2v) is 8.88. The molecule has 4 aromatic rings. The van der Waals surface area contributed by atoms with Crippen molar-refractivity contribution >= 4 is 29.5 Å². The van der Waals surface area contributed by atoms with Gasteiger partial charge in [0, 0.05) is 22.3 Å². The number of ether oxygens (including phenoxy) is 3. The lowest BCUT2D eigenvalue weighted by atomic mass is 10.0. The Bertz CT molecular complexity index is 1520. The molecular formula is C32H39N3O3. The number of aliphatic imine (C=N–C) groups is 1. The summed E-state index contributed by atoms with van der Waals surface area (Å²) in [6, 6.07) is 16.6. The van der Waals surface area contributed by atoms with E-state index in [-0.39, 0.29) is 0 Å². The van der Waals surface area contributed by atoms with Crippen LogP contribution in [0, 0.1) is 6.92 Å². The van der Waals surface area contributed by atoms with Gasteiger partial charge in [-0.05, 0) is 86.7 Å². The maximum Gasteiger partial charge on any atom is 0.167 e. The molecule has 6 heteroatoms. The van der Waals surface area contributed by atoms with Crippen LogP contribution in [0.3, 0.4) is 0 Å². The first-order chi connectivity index (χ1) is 18.4. The van der Waals surface area contributed by atoms with Gasteiger partial charge in [-0.25, -0.2) is 4.98 Å². The molecule has 0 atom stereocenters. The van der Waals surface area contributed by atoms with Gasteiger partial charge in [0.2, 0.25) is 0 Å². The van der Waals surface area contributed by atoms with Crippen LogP contribution in [-0.4, -0.2) is 37.0 Å². The van der Waals surface area contributed by atoms with E-state index in [1.54, 1.807) is 20.4 Å². The summed E-state index contributed by atoms with van der Waals surface area (Å²) in [5, 5.41) is 1.76. The molecule has 1 N–H and O–H groups in total. The highest BCUT2D eigenvalue weighted by Gasteiger charge is 2.08. The summed E-state index contributed by atoms with van der Waals surface area (Å²) < 4.78 is 16.3. The maximum atomic E-state index is 5.83. The Balaban J connectivity index is 0.000000223. The number of nitrogens with one attached hydrogen (secondary N) is 1. The number of aromatic amines is 1. The van der Waals surface area contributed by atoms with Crippen molar-refractivity contribution in [1.29, 1.82) is 0 Å². The monoisotopic (exact) mass is 513 g/mol. The predicted octanol–water partition coefficient (Wildman–Crippen LogP) is 6.22. The van der Waals surface area contributed by atoms with Crippen molar-refractivity contribution < 1.29 is 14.2 Å². The van der Waals surface area contributed by atoms with Crippen molar-refractivity contribution in [3.05, 3.63) is 70.4 Å². The molecule has 6 nitrogen and oxygen atoms in total. The van der Waals surface area contributed by atoms with Gasteiger partial charge in [0.25, 0.3) is 0 Å². The van der Waals surface area contributed by atoms with Crippen molar-refractivity contribution in [1.82, 2.24) is 9.97 Å². The molecule has 0 fully saturated rings. The van der Waals surface area contributed by atoms with E-state index in [9.17, 15) is 0 Å². The van der Waals surface area contributed by atoms with Gasteiger partial charge in [-0.3, -0.25) is 4.99 Å². The van der Waals surface area contributed by atoms with Gasteiger partial charge in [-0.1, -0.05) is 32.6 Å². The number of hydrogen-bond acceptors (Lipinski definition) is 5. The fourth-order valence-corrected chi connectivity index (χ4v) is 4.30. The summed E-state index contributed by atoms with van der Waals surface area (Å²) in [7, 11) is 3.21. The van der Waals surface area contributed by atoms with Gasteiger partial charge < -0.3 is 19.2 Å². The first-order valence-corrected chi connectivity index (χ1v) is 13.0. The number of benzene rings is 3. The lowest BCUT2D eigenvalue weighted by molar-refractivity contribution is 0.314. The van der Waals surface area contributed by atoms with Gasteiger partial charge in [0.1, 0.15) is 11.6 Å². The lowest BCUT2D eigenvalue weighted by Gasteiger charge is -2.12. The van der Waals surface area contributed by atoms with Gasteiger partial charge >= 0.3 is 0 Å². The minimum Gasteiger partial charge on any atom is -0.493 e. The lowest BCUT2D eigenvalue weighted by Crippen LogP contribution is -2.26. The highest BCUT2D eigenvalue weighted by molar-refractivity contribution is 5.82. The van der Waals surface area contributed by atoms with Gasteiger partial charge in [-0.15, -0.1) is 0 Å². The number of fused-ring (bicyclic) bond motifs is 1. The molecule has 0 aliphatic rings. The quantitative estimate of drug-likeness (QED) is 0.284. The smallest absolute Gasteiger partial charge is 0.167 e. The van der Waals surface area contributed by atoms with E-state index >= 15 is 0 Å². The molecule has 0 saturated heterocycles.